The van der Waals surface area contributed by atoms with E-state index >= 15 is 0 Å². The number of alkyl carbamates (subject to hydrolysis) is 1. The lowest BCUT2D eigenvalue weighted by atomic mass is 10.5. The smallest absolute Gasteiger partial charge is 0.407 e. The van der Waals surface area contributed by atoms with Gasteiger partial charge in [0.1, 0.15) is 5.76 Å². The summed E-state index contributed by atoms with van der Waals surface area (Å²) in [4.78, 5) is 10.5. The molecule has 1 N–H and O–H groups in total. The zero-order chi connectivity index (χ0) is 8.10. The van der Waals surface area contributed by atoms with Gasteiger partial charge in [0.2, 0.25) is 0 Å². The highest BCUT2D eigenvalue weighted by atomic mass is 16.6. The van der Waals surface area contributed by atoms with Crippen LogP contribution in [0, 0.1) is 0 Å². The van der Waals surface area contributed by atoms with Crippen molar-refractivity contribution in [2.24, 2.45) is 0 Å². The molecule has 0 saturated carbocycles. The third kappa shape index (κ3) is 2.33. The molecule has 4 nitrogen and oxygen atoms in total. The molecular weight excluding hydrogens is 146 g/mol. The zero-order valence-corrected chi connectivity index (χ0v) is 6.16. The van der Waals surface area contributed by atoms with Gasteiger partial charge in [0.15, 0.2) is 6.61 Å². The van der Waals surface area contributed by atoms with Crippen LogP contribution in [-0.4, -0.2) is 13.1 Å². The third-order valence-electron chi connectivity index (χ3n) is 1.13. The lowest BCUT2D eigenvalue weighted by Gasteiger charge is -1.99. The molecule has 0 atom stereocenters. The number of hydrogen-bond donors (Lipinski definition) is 1. The Hall–Kier alpha value is -1.45. The van der Waals surface area contributed by atoms with E-state index < -0.39 is 6.09 Å². The summed E-state index contributed by atoms with van der Waals surface area (Å²) in [6, 6.07) is 3.48. The number of ether oxygens (including phenoxy) is 1. The van der Waals surface area contributed by atoms with Crippen LogP contribution in [0.5, 0.6) is 0 Å². The first kappa shape index (κ1) is 7.65. The average molecular weight is 155 g/mol. The summed E-state index contributed by atoms with van der Waals surface area (Å²) in [6.07, 6.45) is 1.07. The molecule has 0 aliphatic heterocycles. The zero-order valence-electron chi connectivity index (χ0n) is 6.16. The summed E-state index contributed by atoms with van der Waals surface area (Å²) in [5.74, 6) is 0.633. The summed E-state index contributed by atoms with van der Waals surface area (Å²) in [7, 11) is 1.50. The number of amides is 1. The van der Waals surface area contributed by atoms with Crippen molar-refractivity contribution in [1.82, 2.24) is 5.32 Å². The minimum atomic E-state index is -0.457. The van der Waals surface area contributed by atoms with Crippen molar-refractivity contribution in [1.29, 1.82) is 0 Å². The van der Waals surface area contributed by atoms with Gasteiger partial charge in [-0.25, -0.2) is 4.79 Å². The van der Waals surface area contributed by atoms with E-state index in [2.05, 4.69) is 5.32 Å². The quantitative estimate of drug-likeness (QED) is 0.696. The van der Waals surface area contributed by atoms with Crippen molar-refractivity contribution in [3.05, 3.63) is 24.2 Å². The minimum Gasteiger partial charge on any atom is -0.466 e. The van der Waals surface area contributed by atoms with E-state index in [1.165, 1.54) is 13.3 Å². The topological polar surface area (TPSA) is 51.5 Å². The van der Waals surface area contributed by atoms with Gasteiger partial charge in [0.25, 0.3) is 0 Å². The Morgan fingerprint density at radius 3 is 3.18 bits per heavy atom. The van der Waals surface area contributed by atoms with E-state index in [-0.39, 0.29) is 6.61 Å². The molecule has 1 aromatic rings. The molecule has 0 unspecified atom stereocenters. The molecule has 0 aliphatic rings. The number of rotatable bonds is 2. The maximum Gasteiger partial charge on any atom is 0.407 e. The second-order valence-electron chi connectivity index (χ2n) is 1.91. The van der Waals surface area contributed by atoms with Crippen LogP contribution in [0.15, 0.2) is 22.8 Å². The molecule has 1 aromatic heterocycles. The highest BCUT2D eigenvalue weighted by Gasteiger charge is 1.99. The summed E-state index contributed by atoms with van der Waals surface area (Å²) >= 11 is 0. The predicted octanol–water partition coefficient (Wildman–Crippen LogP) is 1.14. The van der Waals surface area contributed by atoms with Gasteiger partial charge in [-0.3, -0.25) is 0 Å². The molecule has 0 aromatic carbocycles. The van der Waals surface area contributed by atoms with Gasteiger partial charge in [-0.1, -0.05) is 0 Å². The van der Waals surface area contributed by atoms with Crippen LogP contribution in [-0.2, 0) is 11.3 Å². The van der Waals surface area contributed by atoms with E-state index in [0.29, 0.717) is 5.76 Å². The fourth-order valence-corrected chi connectivity index (χ4v) is 0.604. The first-order valence-electron chi connectivity index (χ1n) is 3.20. The van der Waals surface area contributed by atoms with E-state index in [1.54, 1.807) is 12.1 Å². The molecule has 0 radical (unpaired) electrons. The Morgan fingerprint density at radius 1 is 1.82 bits per heavy atom. The molecule has 1 rings (SSSR count). The maximum atomic E-state index is 10.5. The Bertz CT molecular complexity index is 218. The Kier molecular flexibility index (Phi) is 2.54. The second kappa shape index (κ2) is 3.65. The Labute approximate surface area is 64.1 Å². The number of nitrogens with one attached hydrogen (secondary N) is 1. The molecular formula is C7H9NO3. The van der Waals surface area contributed by atoms with Gasteiger partial charge in [0.05, 0.1) is 6.26 Å². The van der Waals surface area contributed by atoms with Crippen molar-refractivity contribution in [2.75, 3.05) is 7.05 Å². The first-order valence-corrected chi connectivity index (χ1v) is 3.20. The van der Waals surface area contributed by atoms with E-state index in [1.807, 2.05) is 0 Å². The van der Waals surface area contributed by atoms with Crippen molar-refractivity contribution in [2.45, 2.75) is 6.61 Å². The number of carbonyl (C=O) groups excluding carboxylic acids is 1. The number of hydrogen-bond acceptors (Lipinski definition) is 3. The van der Waals surface area contributed by atoms with E-state index in [4.69, 9.17) is 9.15 Å². The van der Waals surface area contributed by atoms with Gasteiger partial charge in [-0.15, -0.1) is 0 Å². The average Bonchev–Trinajstić information content (AvgIpc) is 2.52. The first-order chi connectivity index (χ1) is 5.33. The van der Waals surface area contributed by atoms with Crippen molar-refractivity contribution >= 4 is 6.09 Å². The van der Waals surface area contributed by atoms with Crippen LogP contribution in [0.25, 0.3) is 0 Å². The van der Waals surface area contributed by atoms with Gasteiger partial charge < -0.3 is 14.5 Å². The minimum absolute atomic E-state index is 0.173. The number of carbonyl (C=O) groups is 1. The lowest BCUT2D eigenvalue weighted by molar-refractivity contribution is 0.133. The van der Waals surface area contributed by atoms with Crippen LogP contribution < -0.4 is 5.32 Å². The Balaban J connectivity index is 2.29. The van der Waals surface area contributed by atoms with Gasteiger partial charge in [0, 0.05) is 7.05 Å². The summed E-state index contributed by atoms with van der Waals surface area (Å²) in [6.45, 7) is 0.173. The molecule has 1 amide bonds. The fraction of sp³-hybridized carbons (Fsp3) is 0.286. The van der Waals surface area contributed by atoms with Crippen LogP contribution in [0.2, 0.25) is 0 Å². The number of furan rings is 1. The molecule has 0 aliphatic carbocycles. The van der Waals surface area contributed by atoms with Crippen LogP contribution in [0.4, 0.5) is 4.79 Å². The van der Waals surface area contributed by atoms with Crippen molar-refractivity contribution < 1.29 is 13.9 Å². The maximum absolute atomic E-state index is 10.5. The summed E-state index contributed by atoms with van der Waals surface area (Å²) in [5.41, 5.74) is 0. The fourth-order valence-electron chi connectivity index (χ4n) is 0.604. The standard InChI is InChI=1S/C7H9NO3/c1-8-7(9)11-5-6-3-2-4-10-6/h2-4H,5H2,1H3,(H,8,9). The van der Waals surface area contributed by atoms with Crippen LogP contribution in [0.1, 0.15) is 5.76 Å². The lowest BCUT2D eigenvalue weighted by Crippen LogP contribution is -2.18. The van der Waals surface area contributed by atoms with Gasteiger partial charge in [-0.2, -0.15) is 0 Å². The van der Waals surface area contributed by atoms with Crippen molar-refractivity contribution in [3.8, 4) is 0 Å². The largest absolute Gasteiger partial charge is 0.466 e. The Morgan fingerprint density at radius 2 is 2.64 bits per heavy atom. The monoisotopic (exact) mass is 155 g/mol. The highest BCUT2D eigenvalue weighted by molar-refractivity contribution is 5.66. The SMILES string of the molecule is CNC(=O)OCc1ccco1. The molecule has 0 fully saturated rings. The van der Waals surface area contributed by atoms with Gasteiger partial charge >= 0.3 is 6.09 Å². The van der Waals surface area contributed by atoms with Gasteiger partial charge in [-0.05, 0) is 12.1 Å². The molecule has 60 valence electrons. The summed E-state index contributed by atoms with van der Waals surface area (Å²) < 4.78 is 9.62. The van der Waals surface area contributed by atoms with Crippen LogP contribution >= 0.6 is 0 Å². The second-order valence-corrected chi connectivity index (χ2v) is 1.91. The summed E-state index contributed by atoms with van der Waals surface area (Å²) in [5, 5.41) is 2.32. The predicted molar refractivity (Wildman–Crippen MR) is 38.0 cm³/mol. The molecule has 11 heavy (non-hydrogen) atoms. The molecule has 0 bridgehead atoms. The normalized spacial score (nSPS) is 9.18. The third-order valence-corrected chi connectivity index (χ3v) is 1.13. The molecule has 4 heteroatoms. The highest BCUT2D eigenvalue weighted by Crippen LogP contribution is 2.01. The van der Waals surface area contributed by atoms with Crippen molar-refractivity contribution in [3.63, 3.8) is 0 Å². The van der Waals surface area contributed by atoms with E-state index in [9.17, 15) is 4.79 Å². The van der Waals surface area contributed by atoms with Crippen LogP contribution in [0.3, 0.4) is 0 Å². The molecule has 1 heterocycles. The molecule has 0 saturated heterocycles. The van der Waals surface area contributed by atoms with E-state index in [0.717, 1.165) is 0 Å². The molecule has 0 spiro atoms.